The summed E-state index contributed by atoms with van der Waals surface area (Å²) in [6.07, 6.45) is 5.06. The number of nitrogens with zero attached hydrogens (tertiary/aromatic N) is 3. The first-order valence-corrected chi connectivity index (χ1v) is 11.4. The molecule has 11 heteroatoms. The summed E-state index contributed by atoms with van der Waals surface area (Å²) in [4.78, 5) is 28.2. The van der Waals surface area contributed by atoms with Gasteiger partial charge in [-0.2, -0.15) is 5.10 Å². The third-order valence-electron chi connectivity index (χ3n) is 5.46. The molecule has 1 heterocycles. The minimum Gasteiger partial charge on any atom is -0.502 e. The van der Waals surface area contributed by atoms with Gasteiger partial charge in [-0.15, -0.1) is 0 Å². The molecule has 2 N–H and O–H groups in total. The van der Waals surface area contributed by atoms with E-state index >= 15 is 0 Å². The fourth-order valence-corrected chi connectivity index (χ4v) is 3.99. The molecule has 34 heavy (non-hydrogen) atoms. The number of phenols is 1. The number of carbonyl (C=O) groups excluding carboxylic acids is 1. The van der Waals surface area contributed by atoms with Crippen LogP contribution in [-0.4, -0.2) is 34.5 Å². The third kappa shape index (κ3) is 4.93. The van der Waals surface area contributed by atoms with Crippen molar-refractivity contribution in [2.75, 3.05) is 0 Å². The Balaban J connectivity index is 1.50. The van der Waals surface area contributed by atoms with Gasteiger partial charge in [-0.25, -0.2) is 5.43 Å². The van der Waals surface area contributed by atoms with E-state index in [4.69, 9.17) is 9.25 Å². The van der Waals surface area contributed by atoms with Crippen LogP contribution in [0.2, 0.25) is 0 Å². The molecule has 2 aromatic carbocycles. The second kappa shape index (κ2) is 10.0. The number of hydrazone groups is 1. The molecule has 1 aliphatic carbocycles. The van der Waals surface area contributed by atoms with Gasteiger partial charge in [0.2, 0.25) is 11.9 Å². The Hall–Kier alpha value is -3.73. The maximum atomic E-state index is 12.3. The molecule has 10 nitrogen and oxygen atoms in total. The van der Waals surface area contributed by atoms with Crippen LogP contribution in [0.5, 0.6) is 5.75 Å². The van der Waals surface area contributed by atoms with Gasteiger partial charge in [0.15, 0.2) is 0 Å². The van der Waals surface area contributed by atoms with Crippen molar-refractivity contribution in [2.24, 2.45) is 10.3 Å². The Morgan fingerprint density at radius 3 is 2.76 bits per heavy atom. The van der Waals surface area contributed by atoms with Crippen molar-refractivity contribution in [2.45, 2.75) is 38.7 Å². The first-order chi connectivity index (χ1) is 16.3. The molecule has 0 saturated heterocycles. The van der Waals surface area contributed by atoms with E-state index in [1.165, 1.54) is 25.4 Å². The van der Waals surface area contributed by atoms with Crippen molar-refractivity contribution in [3.05, 3.63) is 67.4 Å². The number of benzene rings is 2. The van der Waals surface area contributed by atoms with Gasteiger partial charge >= 0.3 is 5.69 Å². The predicted octanol–water partition coefficient (Wildman–Crippen LogP) is 4.58. The van der Waals surface area contributed by atoms with Gasteiger partial charge in [0.1, 0.15) is 11.3 Å². The van der Waals surface area contributed by atoms with Crippen molar-refractivity contribution in [1.82, 2.24) is 5.43 Å². The van der Waals surface area contributed by atoms with Crippen molar-refractivity contribution in [3.63, 3.8) is 0 Å². The molecular weight excluding hydrogens is 508 g/mol. The molecule has 0 radical (unpaired) electrons. The van der Waals surface area contributed by atoms with Crippen molar-refractivity contribution in [3.8, 4) is 5.75 Å². The van der Waals surface area contributed by atoms with Crippen molar-refractivity contribution >= 4 is 50.9 Å². The van der Waals surface area contributed by atoms with Gasteiger partial charge in [-0.3, -0.25) is 14.9 Å². The summed E-state index contributed by atoms with van der Waals surface area (Å²) in [5.41, 5.74) is 3.95. The number of amides is 1. The molecule has 4 rings (SSSR count). The number of halogens is 1. The maximum Gasteiger partial charge on any atom is 0.315 e. The van der Waals surface area contributed by atoms with Gasteiger partial charge in [-0.1, -0.05) is 33.2 Å². The van der Waals surface area contributed by atoms with Crippen LogP contribution in [0.4, 0.5) is 5.69 Å². The quantitative estimate of drug-likeness (QED) is 0.261. The number of oxime groups is 1. The smallest absolute Gasteiger partial charge is 0.315 e. The highest BCUT2D eigenvalue weighted by Crippen LogP contribution is 2.41. The molecule has 0 unspecified atom stereocenters. The molecule has 3 aromatic rings. The normalized spacial score (nSPS) is 14.4. The molecular formula is C23H21BrN4O6. The number of phenolic OH excluding ortho intramolecular Hbond substituents is 1. The number of aryl methyl sites for hydroxylation is 2. The second-order valence-electron chi connectivity index (χ2n) is 7.77. The van der Waals surface area contributed by atoms with Crippen LogP contribution in [0.3, 0.4) is 0 Å². The fraction of sp³-hybridized carbons (Fsp3) is 0.261. The molecule has 0 bridgehead atoms. The molecule has 0 saturated carbocycles. The van der Waals surface area contributed by atoms with E-state index in [1.54, 1.807) is 0 Å². The van der Waals surface area contributed by atoms with Crippen molar-refractivity contribution < 1.29 is 24.1 Å². The van der Waals surface area contributed by atoms with Crippen LogP contribution >= 0.6 is 15.9 Å². The molecule has 0 fully saturated rings. The first-order valence-electron chi connectivity index (χ1n) is 10.6. The van der Waals surface area contributed by atoms with E-state index < -0.39 is 28.4 Å². The Bertz CT molecular complexity index is 1300. The zero-order chi connectivity index (χ0) is 24.2. The zero-order valence-corrected chi connectivity index (χ0v) is 19.7. The van der Waals surface area contributed by atoms with Gasteiger partial charge in [-0.05, 0) is 43.9 Å². The fourth-order valence-electron chi connectivity index (χ4n) is 3.73. The molecule has 176 valence electrons. The number of rotatable bonds is 7. The summed E-state index contributed by atoms with van der Waals surface area (Å²) in [6.45, 7) is 1.50. The largest absolute Gasteiger partial charge is 0.502 e. The van der Waals surface area contributed by atoms with Crippen molar-refractivity contribution in [1.29, 1.82) is 0 Å². The van der Waals surface area contributed by atoms with E-state index in [0.29, 0.717) is 11.0 Å². The molecule has 1 atom stereocenters. The molecule has 1 aliphatic rings. The number of hydrogen-bond acceptors (Lipinski definition) is 8. The van der Waals surface area contributed by atoms with Gasteiger partial charge in [0, 0.05) is 21.8 Å². The lowest BCUT2D eigenvalue weighted by molar-refractivity contribution is -0.385. The monoisotopic (exact) mass is 528 g/mol. The molecule has 0 aliphatic heterocycles. The van der Waals surface area contributed by atoms with Crippen LogP contribution in [0.25, 0.3) is 11.0 Å². The summed E-state index contributed by atoms with van der Waals surface area (Å²) < 4.78 is 6.76. The summed E-state index contributed by atoms with van der Waals surface area (Å²) in [7, 11) is 0. The minimum absolute atomic E-state index is 0.123. The van der Waals surface area contributed by atoms with E-state index in [-0.39, 0.29) is 5.56 Å². The number of carbonyl (C=O) groups is 1. The number of fused-ring (bicyclic) bond motifs is 3. The SMILES string of the molecule is C[C@@H](O/N=C/c1ccc(Br)cc1)C(=O)N/N=C\c1c(O)c([N+](=O)[O-])cc2oc3c(c12)CCCC3. The zero-order valence-electron chi connectivity index (χ0n) is 18.2. The lowest BCUT2D eigenvalue weighted by atomic mass is 9.93. The predicted molar refractivity (Wildman–Crippen MR) is 129 cm³/mol. The van der Waals surface area contributed by atoms with E-state index in [0.717, 1.165) is 47.0 Å². The number of furan rings is 1. The topological polar surface area (TPSA) is 140 Å². The van der Waals surface area contributed by atoms with E-state index in [2.05, 4.69) is 31.6 Å². The summed E-state index contributed by atoms with van der Waals surface area (Å²) in [5, 5.41) is 30.2. The molecule has 1 amide bonds. The molecule has 0 spiro atoms. The van der Waals surface area contributed by atoms with Gasteiger partial charge < -0.3 is 14.4 Å². The minimum atomic E-state index is -0.954. The van der Waals surface area contributed by atoms with E-state index in [1.807, 2.05) is 24.3 Å². The highest BCUT2D eigenvalue weighted by Gasteiger charge is 2.27. The maximum absolute atomic E-state index is 12.3. The number of nitrogens with one attached hydrogen (secondary N) is 1. The summed E-state index contributed by atoms with van der Waals surface area (Å²) >= 11 is 3.34. The van der Waals surface area contributed by atoms with E-state index in [9.17, 15) is 20.0 Å². The Morgan fingerprint density at radius 2 is 2.03 bits per heavy atom. The Morgan fingerprint density at radius 1 is 1.29 bits per heavy atom. The highest BCUT2D eigenvalue weighted by molar-refractivity contribution is 9.10. The number of aromatic hydroxyl groups is 1. The standard InChI is InChI=1S/C23H21BrN4O6/c1-13(34-26-11-14-6-8-15(24)9-7-14)23(30)27-25-12-17-21-16-4-2-3-5-19(16)33-20(21)10-18(22(17)29)28(31)32/h6-13,29H,2-5H2,1H3,(H,27,30)/b25-12-,26-11+/t13-/m1/s1. The van der Waals surface area contributed by atoms with Gasteiger partial charge in [0.25, 0.3) is 5.91 Å². The highest BCUT2D eigenvalue weighted by atomic mass is 79.9. The number of nitro benzene ring substituents is 1. The average Bonchev–Trinajstić information content (AvgIpc) is 3.19. The number of nitro groups is 1. The van der Waals surface area contributed by atoms with Gasteiger partial charge in [0.05, 0.1) is 29.0 Å². The first kappa shape index (κ1) is 23.4. The Labute approximate surface area is 202 Å². The second-order valence-corrected chi connectivity index (χ2v) is 8.68. The molecule has 1 aromatic heterocycles. The van der Waals surface area contributed by atoms with Crippen LogP contribution in [0, 0.1) is 10.1 Å². The van der Waals surface area contributed by atoms with Crippen LogP contribution in [0.15, 0.2) is 49.5 Å². The number of hydrogen-bond donors (Lipinski definition) is 2. The lowest BCUT2D eigenvalue weighted by Crippen LogP contribution is -2.30. The van der Waals surface area contributed by atoms with Crippen LogP contribution in [-0.2, 0) is 22.5 Å². The van der Waals surface area contributed by atoms with Crippen LogP contribution < -0.4 is 5.43 Å². The average molecular weight is 529 g/mol. The Kier molecular flexibility index (Phi) is 6.92. The lowest BCUT2D eigenvalue weighted by Gasteiger charge is -2.10. The summed E-state index contributed by atoms with van der Waals surface area (Å²) in [6, 6.07) is 8.57. The third-order valence-corrected chi connectivity index (χ3v) is 5.99. The summed E-state index contributed by atoms with van der Waals surface area (Å²) in [5.74, 6) is -0.363. The van der Waals surface area contributed by atoms with Crippen LogP contribution in [0.1, 0.15) is 42.2 Å².